The molecule has 5 nitrogen and oxygen atoms in total. The Morgan fingerprint density at radius 3 is 2.58 bits per heavy atom. The fraction of sp³-hybridized carbons (Fsp3) is 0.500. The predicted octanol–water partition coefficient (Wildman–Crippen LogP) is 1.35. The molecular formula is C14H24N4O. The highest BCUT2D eigenvalue weighted by Crippen LogP contribution is 2.15. The molecule has 1 aromatic carbocycles. The SMILES string of the molecule is CCN(CC)CCNC(=O)c1cc(C)ccc1NN. The number of aryl methyl sites for hydroxylation is 1. The number of carbonyl (C=O) groups is 1. The van der Waals surface area contributed by atoms with Gasteiger partial charge < -0.3 is 15.6 Å². The van der Waals surface area contributed by atoms with Gasteiger partial charge in [-0.2, -0.15) is 0 Å². The van der Waals surface area contributed by atoms with E-state index in [4.69, 9.17) is 5.84 Å². The molecule has 1 aromatic rings. The summed E-state index contributed by atoms with van der Waals surface area (Å²) in [5, 5.41) is 2.92. The number of hydrogen-bond acceptors (Lipinski definition) is 4. The molecule has 0 atom stereocenters. The van der Waals surface area contributed by atoms with E-state index in [2.05, 4.69) is 29.5 Å². The molecule has 0 radical (unpaired) electrons. The summed E-state index contributed by atoms with van der Waals surface area (Å²) in [7, 11) is 0. The van der Waals surface area contributed by atoms with Gasteiger partial charge in [0, 0.05) is 13.1 Å². The van der Waals surface area contributed by atoms with Crippen LogP contribution in [0.1, 0.15) is 29.8 Å². The first-order chi connectivity index (χ1) is 9.12. The third-order valence-corrected chi connectivity index (χ3v) is 3.18. The van der Waals surface area contributed by atoms with Gasteiger partial charge >= 0.3 is 0 Å². The lowest BCUT2D eigenvalue weighted by Crippen LogP contribution is -2.35. The van der Waals surface area contributed by atoms with E-state index in [1.807, 2.05) is 25.1 Å². The van der Waals surface area contributed by atoms with E-state index in [-0.39, 0.29) is 5.91 Å². The van der Waals surface area contributed by atoms with Gasteiger partial charge in [-0.3, -0.25) is 10.6 Å². The summed E-state index contributed by atoms with van der Waals surface area (Å²) < 4.78 is 0. The van der Waals surface area contributed by atoms with Crippen molar-refractivity contribution in [1.29, 1.82) is 0 Å². The zero-order valence-electron chi connectivity index (χ0n) is 12.0. The normalized spacial score (nSPS) is 10.6. The number of rotatable bonds is 7. The van der Waals surface area contributed by atoms with Gasteiger partial charge in [0.1, 0.15) is 0 Å². The van der Waals surface area contributed by atoms with Crippen molar-refractivity contribution in [3.05, 3.63) is 29.3 Å². The van der Waals surface area contributed by atoms with Gasteiger partial charge in [0.2, 0.25) is 0 Å². The Kier molecular flexibility index (Phi) is 6.32. The molecule has 0 spiro atoms. The first kappa shape index (κ1) is 15.5. The van der Waals surface area contributed by atoms with Crippen LogP contribution in [-0.2, 0) is 0 Å². The average Bonchev–Trinajstić information content (AvgIpc) is 2.43. The van der Waals surface area contributed by atoms with Gasteiger partial charge in [0.15, 0.2) is 0 Å². The highest BCUT2D eigenvalue weighted by atomic mass is 16.1. The van der Waals surface area contributed by atoms with Crippen LogP contribution < -0.4 is 16.6 Å². The molecule has 5 heteroatoms. The van der Waals surface area contributed by atoms with Gasteiger partial charge in [-0.05, 0) is 32.1 Å². The minimum absolute atomic E-state index is 0.0937. The quantitative estimate of drug-likeness (QED) is 0.513. The molecule has 0 aliphatic heterocycles. The second-order valence-corrected chi connectivity index (χ2v) is 4.48. The van der Waals surface area contributed by atoms with Crippen molar-refractivity contribution < 1.29 is 4.79 Å². The van der Waals surface area contributed by atoms with E-state index in [1.165, 1.54) is 0 Å². The Balaban J connectivity index is 2.60. The molecule has 0 unspecified atom stereocenters. The Labute approximate surface area is 115 Å². The van der Waals surface area contributed by atoms with Crippen molar-refractivity contribution >= 4 is 11.6 Å². The summed E-state index contributed by atoms with van der Waals surface area (Å²) in [6.07, 6.45) is 0. The Morgan fingerprint density at radius 1 is 1.32 bits per heavy atom. The number of amides is 1. The summed E-state index contributed by atoms with van der Waals surface area (Å²) >= 11 is 0. The van der Waals surface area contributed by atoms with E-state index in [0.717, 1.165) is 25.2 Å². The van der Waals surface area contributed by atoms with E-state index in [9.17, 15) is 4.79 Å². The van der Waals surface area contributed by atoms with E-state index in [0.29, 0.717) is 17.8 Å². The number of nitrogens with one attached hydrogen (secondary N) is 2. The van der Waals surface area contributed by atoms with Crippen LogP contribution in [0, 0.1) is 6.92 Å². The second kappa shape index (κ2) is 7.76. The van der Waals surface area contributed by atoms with Crippen molar-refractivity contribution in [1.82, 2.24) is 10.2 Å². The van der Waals surface area contributed by atoms with Crippen molar-refractivity contribution in [2.75, 3.05) is 31.6 Å². The smallest absolute Gasteiger partial charge is 0.253 e. The Bertz CT molecular complexity index is 416. The molecule has 1 amide bonds. The molecule has 106 valence electrons. The molecule has 0 heterocycles. The minimum atomic E-state index is -0.0937. The van der Waals surface area contributed by atoms with Gasteiger partial charge in [-0.25, -0.2) is 0 Å². The Hall–Kier alpha value is -1.59. The standard InChI is InChI=1S/C14H24N4O/c1-4-18(5-2)9-8-16-14(19)12-10-11(3)6-7-13(12)17-15/h6-7,10,17H,4-5,8-9,15H2,1-3H3,(H,16,19). The number of hydrazine groups is 1. The lowest BCUT2D eigenvalue weighted by atomic mass is 10.1. The van der Waals surface area contributed by atoms with E-state index >= 15 is 0 Å². The number of likely N-dealkylation sites (N-methyl/N-ethyl adjacent to an activating group) is 1. The third kappa shape index (κ3) is 4.54. The summed E-state index contributed by atoms with van der Waals surface area (Å²) in [5.41, 5.74) is 4.82. The van der Waals surface area contributed by atoms with Crippen molar-refractivity contribution in [3.63, 3.8) is 0 Å². The zero-order valence-corrected chi connectivity index (χ0v) is 12.0. The van der Waals surface area contributed by atoms with Crippen LogP contribution in [0.25, 0.3) is 0 Å². The van der Waals surface area contributed by atoms with E-state index in [1.54, 1.807) is 0 Å². The number of nitrogens with zero attached hydrogens (tertiary/aromatic N) is 1. The molecule has 0 saturated carbocycles. The molecule has 19 heavy (non-hydrogen) atoms. The molecule has 0 aliphatic rings. The molecule has 1 rings (SSSR count). The number of nitrogen functional groups attached to an aromatic ring is 1. The molecule has 0 fully saturated rings. The van der Waals surface area contributed by atoms with Crippen molar-refractivity contribution in [3.8, 4) is 0 Å². The van der Waals surface area contributed by atoms with Crippen LogP contribution >= 0.6 is 0 Å². The molecule has 0 aromatic heterocycles. The summed E-state index contributed by atoms with van der Waals surface area (Å²) in [6, 6.07) is 5.57. The summed E-state index contributed by atoms with van der Waals surface area (Å²) in [5.74, 6) is 5.33. The van der Waals surface area contributed by atoms with Crippen LogP contribution in [0.2, 0.25) is 0 Å². The largest absolute Gasteiger partial charge is 0.351 e. The molecule has 0 bridgehead atoms. The first-order valence-electron chi connectivity index (χ1n) is 6.70. The maximum Gasteiger partial charge on any atom is 0.253 e. The maximum absolute atomic E-state index is 12.1. The van der Waals surface area contributed by atoms with Gasteiger partial charge in [-0.15, -0.1) is 0 Å². The minimum Gasteiger partial charge on any atom is -0.351 e. The molecule has 4 N–H and O–H groups in total. The molecular weight excluding hydrogens is 240 g/mol. The van der Waals surface area contributed by atoms with Gasteiger partial charge in [0.05, 0.1) is 11.3 Å². The number of carbonyl (C=O) groups excluding carboxylic acids is 1. The number of anilines is 1. The monoisotopic (exact) mass is 264 g/mol. The molecule has 0 saturated heterocycles. The topological polar surface area (TPSA) is 70.4 Å². The van der Waals surface area contributed by atoms with Crippen LogP contribution in [0.5, 0.6) is 0 Å². The van der Waals surface area contributed by atoms with Crippen LogP contribution in [0.3, 0.4) is 0 Å². The Morgan fingerprint density at radius 2 is 2.00 bits per heavy atom. The van der Waals surface area contributed by atoms with Crippen molar-refractivity contribution in [2.45, 2.75) is 20.8 Å². The van der Waals surface area contributed by atoms with Crippen LogP contribution in [-0.4, -0.2) is 37.0 Å². The third-order valence-electron chi connectivity index (χ3n) is 3.18. The van der Waals surface area contributed by atoms with Gasteiger partial charge in [-0.1, -0.05) is 25.5 Å². The highest BCUT2D eigenvalue weighted by Gasteiger charge is 2.11. The lowest BCUT2D eigenvalue weighted by molar-refractivity contribution is 0.0949. The lowest BCUT2D eigenvalue weighted by Gasteiger charge is -2.18. The predicted molar refractivity (Wildman–Crippen MR) is 79.1 cm³/mol. The maximum atomic E-state index is 12.1. The zero-order chi connectivity index (χ0) is 14.3. The van der Waals surface area contributed by atoms with Crippen LogP contribution in [0.15, 0.2) is 18.2 Å². The number of benzene rings is 1. The van der Waals surface area contributed by atoms with Crippen LogP contribution in [0.4, 0.5) is 5.69 Å². The fourth-order valence-corrected chi connectivity index (χ4v) is 1.93. The first-order valence-corrected chi connectivity index (χ1v) is 6.70. The van der Waals surface area contributed by atoms with Crippen molar-refractivity contribution in [2.24, 2.45) is 5.84 Å². The number of nitrogens with two attached hydrogens (primary N) is 1. The second-order valence-electron chi connectivity index (χ2n) is 4.48. The molecule has 0 aliphatic carbocycles. The van der Waals surface area contributed by atoms with Gasteiger partial charge in [0.25, 0.3) is 5.91 Å². The van der Waals surface area contributed by atoms with E-state index < -0.39 is 0 Å². The highest BCUT2D eigenvalue weighted by molar-refractivity contribution is 5.99. The fourth-order valence-electron chi connectivity index (χ4n) is 1.93. The summed E-state index contributed by atoms with van der Waals surface area (Å²) in [6.45, 7) is 9.66. The number of hydrogen-bond donors (Lipinski definition) is 3. The summed E-state index contributed by atoms with van der Waals surface area (Å²) in [4.78, 5) is 14.4. The average molecular weight is 264 g/mol.